The number of benzene rings is 1. The fraction of sp³-hybridized carbons (Fsp3) is 0.0769. The second-order valence-electron chi connectivity index (χ2n) is 3.99. The van der Waals surface area contributed by atoms with Gasteiger partial charge in [-0.1, -0.05) is 18.2 Å². The summed E-state index contributed by atoms with van der Waals surface area (Å²) in [7, 11) is 0. The molecule has 1 heterocycles. The number of carbonyl (C=O) groups is 1. The Morgan fingerprint density at radius 2 is 2.11 bits per heavy atom. The molecule has 0 bridgehead atoms. The number of hydrogen-bond donors (Lipinski definition) is 1. The predicted octanol–water partition coefficient (Wildman–Crippen LogP) is 2.44. The van der Waals surface area contributed by atoms with E-state index in [-0.39, 0.29) is 22.9 Å². The Labute approximate surface area is 109 Å². The van der Waals surface area contributed by atoms with Crippen LogP contribution in [0.4, 0.5) is 11.4 Å². The number of pyridine rings is 1. The maximum Gasteiger partial charge on any atom is 0.318 e. The van der Waals surface area contributed by atoms with Crippen LogP contribution in [0.15, 0.2) is 36.5 Å². The van der Waals surface area contributed by atoms with Gasteiger partial charge in [0.2, 0.25) is 0 Å². The van der Waals surface area contributed by atoms with Crippen LogP contribution in [0, 0.1) is 10.1 Å². The van der Waals surface area contributed by atoms with Crippen LogP contribution >= 0.6 is 0 Å². The maximum absolute atomic E-state index is 11.3. The molecule has 0 aliphatic carbocycles. The molecule has 2 N–H and O–H groups in total. The number of aromatic nitrogens is 1. The van der Waals surface area contributed by atoms with Crippen molar-refractivity contribution in [3.63, 3.8) is 0 Å². The number of nitrogen functional groups attached to an aromatic ring is 1. The summed E-state index contributed by atoms with van der Waals surface area (Å²) in [5.41, 5.74) is 6.53. The number of hydrogen-bond acceptors (Lipinski definition) is 5. The first-order chi connectivity index (χ1) is 9.00. The lowest BCUT2D eigenvalue weighted by atomic mass is 10.0. The summed E-state index contributed by atoms with van der Waals surface area (Å²) in [5, 5.41) is 11.1. The van der Waals surface area contributed by atoms with Crippen molar-refractivity contribution in [2.24, 2.45) is 0 Å². The third-order valence-corrected chi connectivity index (χ3v) is 2.68. The lowest BCUT2D eigenvalue weighted by Gasteiger charge is -2.05. The zero-order chi connectivity index (χ0) is 14.0. The Morgan fingerprint density at radius 1 is 1.37 bits per heavy atom. The van der Waals surface area contributed by atoms with Crippen LogP contribution in [0.1, 0.15) is 17.3 Å². The zero-order valence-corrected chi connectivity index (χ0v) is 10.2. The van der Waals surface area contributed by atoms with Gasteiger partial charge in [-0.2, -0.15) is 0 Å². The van der Waals surface area contributed by atoms with Crippen LogP contribution in [0.5, 0.6) is 0 Å². The van der Waals surface area contributed by atoms with Crippen molar-refractivity contribution in [3.8, 4) is 11.3 Å². The van der Waals surface area contributed by atoms with Gasteiger partial charge in [0.05, 0.1) is 4.92 Å². The van der Waals surface area contributed by atoms with Gasteiger partial charge in [0.15, 0.2) is 5.78 Å². The first-order valence-electron chi connectivity index (χ1n) is 5.51. The Balaban J connectivity index is 2.65. The van der Waals surface area contributed by atoms with Gasteiger partial charge >= 0.3 is 5.69 Å². The highest BCUT2D eigenvalue weighted by Crippen LogP contribution is 2.32. The highest BCUT2D eigenvalue weighted by atomic mass is 16.6. The summed E-state index contributed by atoms with van der Waals surface area (Å²) in [6.45, 7) is 1.43. The van der Waals surface area contributed by atoms with E-state index in [1.807, 2.05) is 0 Å². The second kappa shape index (κ2) is 4.85. The number of carbonyl (C=O) groups excluding carboxylic acids is 1. The number of ketones is 1. The first kappa shape index (κ1) is 12.7. The zero-order valence-electron chi connectivity index (χ0n) is 10.2. The molecule has 0 amide bonds. The Hall–Kier alpha value is -2.76. The van der Waals surface area contributed by atoms with Gasteiger partial charge in [-0.05, 0) is 19.1 Å². The molecule has 0 radical (unpaired) electrons. The van der Waals surface area contributed by atoms with Crippen molar-refractivity contribution in [1.29, 1.82) is 0 Å². The van der Waals surface area contributed by atoms with Crippen molar-refractivity contribution in [3.05, 3.63) is 52.2 Å². The van der Waals surface area contributed by atoms with Gasteiger partial charge in [-0.3, -0.25) is 14.9 Å². The molecule has 0 spiro atoms. The van der Waals surface area contributed by atoms with E-state index >= 15 is 0 Å². The monoisotopic (exact) mass is 257 g/mol. The smallest absolute Gasteiger partial charge is 0.318 e. The molecule has 0 aliphatic rings. The number of nitro groups is 1. The Morgan fingerprint density at radius 3 is 2.74 bits per heavy atom. The standard InChI is InChI=1S/C13H11N3O3/c1-8(17)9-3-2-4-10(7-9)12-13(16(18)19)11(14)5-6-15-12/h2-7H,1H3,(H2,14,15). The van der Waals surface area contributed by atoms with Crippen LogP contribution in [-0.4, -0.2) is 15.7 Å². The van der Waals surface area contributed by atoms with Gasteiger partial charge < -0.3 is 5.73 Å². The molecule has 1 aromatic carbocycles. The number of nitrogens with two attached hydrogens (primary N) is 1. The first-order valence-corrected chi connectivity index (χ1v) is 5.51. The molecule has 19 heavy (non-hydrogen) atoms. The van der Waals surface area contributed by atoms with Gasteiger partial charge in [0.1, 0.15) is 11.4 Å². The summed E-state index contributed by atoms with van der Waals surface area (Å²) in [4.78, 5) is 25.8. The minimum atomic E-state index is -0.571. The van der Waals surface area contributed by atoms with Crippen molar-refractivity contribution in [2.45, 2.75) is 6.92 Å². The Kier molecular flexibility index (Phi) is 3.24. The normalized spacial score (nSPS) is 10.2. The number of rotatable bonds is 3. The second-order valence-corrected chi connectivity index (χ2v) is 3.99. The molecular formula is C13H11N3O3. The molecule has 0 saturated heterocycles. The molecule has 2 rings (SSSR count). The van der Waals surface area contributed by atoms with Crippen LogP contribution in [-0.2, 0) is 0 Å². The average Bonchev–Trinajstić information content (AvgIpc) is 2.38. The van der Waals surface area contributed by atoms with E-state index in [4.69, 9.17) is 5.73 Å². The quantitative estimate of drug-likeness (QED) is 0.517. The van der Waals surface area contributed by atoms with Crippen LogP contribution in [0.2, 0.25) is 0 Å². The average molecular weight is 257 g/mol. The van der Waals surface area contributed by atoms with Crippen molar-refractivity contribution in [1.82, 2.24) is 4.98 Å². The Bertz CT molecular complexity index is 668. The van der Waals surface area contributed by atoms with E-state index in [9.17, 15) is 14.9 Å². The van der Waals surface area contributed by atoms with E-state index in [2.05, 4.69) is 4.98 Å². The van der Waals surface area contributed by atoms with Gasteiger partial charge in [0.25, 0.3) is 0 Å². The molecule has 2 aromatic rings. The molecule has 6 nitrogen and oxygen atoms in total. The summed E-state index contributed by atoms with van der Waals surface area (Å²) in [5.74, 6) is -0.117. The van der Waals surface area contributed by atoms with E-state index in [0.29, 0.717) is 11.1 Å². The number of Topliss-reactive ketones (excluding diaryl/α,β-unsaturated/α-hetero) is 1. The number of anilines is 1. The summed E-state index contributed by atoms with van der Waals surface area (Å²) >= 11 is 0. The van der Waals surface area contributed by atoms with Crippen molar-refractivity contribution in [2.75, 3.05) is 5.73 Å². The minimum Gasteiger partial charge on any atom is -0.393 e. The van der Waals surface area contributed by atoms with Gasteiger partial charge in [-0.15, -0.1) is 0 Å². The highest BCUT2D eigenvalue weighted by molar-refractivity contribution is 5.95. The molecule has 0 fully saturated rings. The predicted molar refractivity (Wildman–Crippen MR) is 70.7 cm³/mol. The van der Waals surface area contributed by atoms with E-state index < -0.39 is 4.92 Å². The van der Waals surface area contributed by atoms with Gasteiger partial charge in [0, 0.05) is 17.3 Å². The van der Waals surface area contributed by atoms with Crippen LogP contribution < -0.4 is 5.73 Å². The third kappa shape index (κ3) is 2.42. The largest absolute Gasteiger partial charge is 0.393 e. The summed E-state index contributed by atoms with van der Waals surface area (Å²) in [6, 6.07) is 7.89. The van der Waals surface area contributed by atoms with Gasteiger partial charge in [-0.25, -0.2) is 4.98 Å². The molecule has 0 aliphatic heterocycles. The SMILES string of the molecule is CC(=O)c1cccc(-c2nccc(N)c2[N+](=O)[O-])c1. The summed E-state index contributed by atoms with van der Waals surface area (Å²) < 4.78 is 0. The minimum absolute atomic E-state index is 0.0447. The van der Waals surface area contributed by atoms with Crippen molar-refractivity contribution < 1.29 is 9.72 Å². The van der Waals surface area contributed by atoms with Crippen molar-refractivity contribution >= 4 is 17.2 Å². The molecule has 0 saturated carbocycles. The molecule has 96 valence electrons. The van der Waals surface area contributed by atoms with E-state index in [1.54, 1.807) is 24.3 Å². The highest BCUT2D eigenvalue weighted by Gasteiger charge is 2.20. The number of nitrogens with zero attached hydrogens (tertiary/aromatic N) is 2. The lowest BCUT2D eigenvalue weighted by molar-refractivity contribution is -0.383. The molecule has 1 aromatic heterocycles. The van der Waals surface area contributed by atoms with E-state index in [1.165, 1.54) is 19.2 Å². The van der Waals surface area contributed by atoms with Crippen LogP contribution in [0.3, 0.4) is 0 Å². The molecule has 0 atom stereocenters. The fourth-order valence-corrected chi connectivity index (χ4v) is 1.76. The fourth-order valence-electron chi connectivity index (χ4n) is 1.76. The van der Waals surface area contributed by atoms with Crippen LogP contribution in [0.25, 0.3) is 11.3 Å². The summed E-state index contributed by atoms with van der Waals surface area (Å²) in [6.07, 6.45) is 1.40. The maximum atomic E-state index is 11.3. The third-order valence-electron chi connectivity index (χ3n) is 2.68. The molecular weight excluding hydrogens is 246 g/mol. The topological polar surface area (TPSA) is 99.1 Å². The molecule has 6 heteroatoms. The molecule has 0 unspecified atom stereocenters. The lowest BCUT2D eigenvalue weighted by Crippen LogP contribution is -2.00. The van der Waals surface area contributed by atoms with E-state index in [0.717, 1.165) is 0 Å².